The molecule has 98 valence electrons. The summed E-state index contributed by atoms with van der Waals surface area (Å²) in [6.45, 7) is 1.76. The van der Waals surface area contributed by atoms with Gasteiger partial charge in [-0.2, -0.15) is 0 Å². The first kappa shape index (κ1) is 14.3. The Bertz CT molecular complexity index is 697. The van der Waals surface area contributed by atoms with Gasteiger partial charge < -0.3 is 10.3 Å². The highest BCUT2D eigenvalue weighted by Gasteiger charge is 2.11. The highest BCUT2D eigenvalue weighted by atomic mass is 127. The largest absolute Gasteiger partial charge is 0.326 e. The third-order valence-corrected chi connectivity index (χ3v) is 4.82. The number of rotatable bonds is 2. The van der Waals surface area contributed by atoms with Crippen molar-refractivity contribution in [1.82, 2.24) is 4.98 Å². The van der Waals surface area contributed by atoms with E-state index in [2.05, 4.69) is 48.8 Å². The standard InChI is InChI=1S/C13H10BrIN2O2/c1-7-2-4-9(12(18)16-7)13(19)17-8-3-5-11(15)10(14)6-8/h2-6H,1H3,(H,16,18)(H,17,19). The zero-order chi connectivity index (χ0) is 14.0. The summed E-state index contributed by atoms with van der Waals surface area (Å²) in [6.07, 6.45) is 0. The summed E-state index contributed by atoms with van der Waals surface area (Å²) in [6, 6.07) is 8.67. The molecule has 0 saturated heterocycles. The fourth-order valence-corrected chi connectivity index (χ4v) is 2.24. The monoisotopic (exact) mass is 432 g/mol. The third kappa shape index (κ3) is 3.44. The van der Waals surface area contributed by atoms with Crippen molar-refractivity contribution >= 4 is 50.1 Å². The highest BCUT2D eigenvalue weighted by molar-refractivity contribution is 14.1. The van der Waals surface area contributed by atoms with Crippen molar-refractivity contribution in [3.05, 3.63) is 60.0 Å². The fraction of sp³-hybridized carbons (Fsp3) is 0.0769. The molecule has 6 heteroatoms. The summed E-state index contributed by atoms with van der Waals surface area (Å²) in [7, 11) is 0. The van der Waals surface area contributed by atoms with Crippen molar-refractivity contribution in [2.24, 2.45) is 0 Å². The van der Waals surface area contributed by atoms with E-state index in [9.17, 15) is 9.59 Å². The third-order valence-electron chi connectivity index (χ3n) is 2.48. The molecule has 0 fully saturated rings. The zero-order valence-corrected chi connectivity index (χ0v) is 13.7. The lowest BCUT2D eigenvalue weighted by atomic mass is 10.2. The molecule has 2 aromatic rings. The van der Waals surface area contributed by atoms with Crippen LogP contribution in [0, 0.1) is 10.5 Å². The molecule has 1 aromatic heterocycles. The zero-order valence-electron chi connectivity index (χ0n) is 9.96. The number of aromatic nitrogens is 1. The van der Waals surface area contributed by atoms with Crippen LogP contribution in [0.15, 0.2) is 39.6 Å². The topological polar surface area (TPSA) is 62.0 Å². The first-order valence-corrected chi connectivity index (χ1v) is 7.31. The summed E-state index contributed by atoms with van der Waals surface area (Å²) in [4.78, 5) is 26.3. The molecule has 0 radical (unpaired) electrons. The number of hydrogen-bond acceptors (Lipinski definition) is 2. The molecule has 0 bridgehead atoms. The van der Waals surface area contributed by atoms with Crippen LogP contribution in [0.1, 0.15) is 16.1 Å². The van der Waals surface area contributed by atoms with Crippen molar-refractivity contribution < 1.29 is 4.79 Å². The summed E-state index contributed by atoms with van der Waals surface area (Å²) >= 11 is 5.57. The lowest BCUT2D eigenvalue weighted by molar-refractivity contribution is 0.102. The molecule has 0 aliphatic rings. The molecule has 0 unspecified atom stereocenters. The number of H-pyrrole nitrogens is 1. The van der Waals surface area contributed by atoms with E-state index < -0.39 is 5.91 Å². The van der Waals surface area contributed by atoms with Crippen molar-refractivity contribution in [1.29, 1.82) is 0 Å². The van der Waals surface area contributed by atoms with Gasteiger partial charge in [-0.3, -0.25) is 9.59 Å². The SMILES string of the molecule is Cc1ccc(C(=O)Nc2ccc(I)c(Br)c2)c(=O)[nH]1. The van der Waals surface area contributed by atoms with Gasteiger partial charge in [0.25, 0.3) is 11.5 Å². The number of nitrogens with one attached hydrogen (secondary N) is 2. The Balaban J connectivity index is 2.25. The maximum atomic E-state index is 12.0. The average Bonchev–Trinajstić information content (AvgIpc) is 2.33. The Morgan fingerprint density at radius 3 is 2.68 bits per heavy atom. The Kier molecular flexibility index (Phi) is 4.41. The van der Waals surface area contributed by atoms with Gasteiger partial charge >= 0.3 is 0 Å². The van der Waals surface area contributed by atoms with Crippen LogP contribution in [0.3, 0.4) is 0 Å². The molecular formula is C13H10BrIN2O2. The number of aromatic amines is 1. The van der Waals surface area contributed by atoms with Gasteiger partial charge in [0.05, 0.1) is 0 Å². The molecule has 2 N–H and O–H groups in total. The second-order valence-electron chi connectivity index (χ2n) is 3.97. The maximum Gasteiger partial charge on any atom is 0.261 e. The van der Waals surface area contributed by atoms with Gasteiger partial charge in [-0.15, -0.1) is 0 Å². The molecule has 4 nitrogen and oxygen atoms in total. The molecule has 0 spiro atoms. The first-order chi connectivity index (χ1) is 8.97. The quantitative estimate of drug-likeness (QED) is 0.715. The van der Waals surface area contributed by atoms with E-state index in [1.165, 1.54) is 6.07 Å². The molecule has 1 heterocycles. The number of hydrogen-bond donors (Lipinski definition) is 2. The van der Waals surface area contributed by atoms with Crippen LogP contribution in [-0.4, -0.2) is 10.9 Å². The molecule has 1 amide bonds. The molecule has 0 atom stereocenters. The molecule has 1 aromatic carbocycles. The highest BCUT2D eigenvalue weighted by Crippen LogP contribution is 2.23. The molecule has 2 rings (SSSR count). The molecule has 0 saturated carbocycles. The van der Waals surface area contributed by atoms with E-state index in [0.29, 0.717) is 5.69 Å². The van der Waals surface area contributed by atoms with Crippen molar-refractivity contribution in [3.8, 4) is 0 Å². The minimum atomic E-state index is -0.422. The Morgan fingerprint density at radius 2 is 2.05 bits per heavy atom. The van der Waals surface area contributed by atoms with Gasteiger partial charge in [0, 0.05) is 19.4 Å². The van der Waals surface area contributed by atoms with Gasteiger partial charge in [-0.25, -0.2) is 0 Å². The van der Waals surface area contributed by atoms with Crippen LogP contribution in [0.5, 0.6) is 0 Å². The smallest absolute Gasteiger partial charge is 0.261 e. The lowest BCUT2D eigenvalue weighted by Crippen LogP contribution is -2.23. The number of aryl methyl sites for hydroxylation is 1. The van der Waals surface area contributed by atoms with E-state index in [0.717, 1.165) is 13.7 Å². The van der Waals surface area contributed by atoms with Gasteiger partial charge in [-0.05, 0) is 75.8 Å². The number of anilines is 1. The number of carbonyl (C=O) groups excluding carboxylic acids is 1. The fourth-order valence-electron chi connectivity index (χ4n) is 1.52. The number of carbonyl (C=O) groups is 1. The minimum Gasteiger partial charge on any atom is -0.326 e. The Hall–Kier alpha value is -1.15. The van der Waals surface area contributed by atoms with E-state index in [-0.39, 0.29) is 11.1 Å². The van der Waals surface area contributed by atoms with Crippen molar-refractivity contribution in [2.45, 2.75) is 6.92 Å². The molecular weight excluding hydrogens is 423 g/mol. The Morgan fingerprint density at radius 1 is 1.32 bits per heavy atom. The molecule has 0 aliphatic carbocycles. The van der Waals surface area contributed by atoms with Crippen LogP contribution < -0.4 is 10.9 Å². The summed E-state index contributed by atoms with van der Waals surface area (Å²) in [5.74, 6) is -0.422. The minimum absolute atomic E-state index is 0.0975. The summed E-state index contributed by atoms with van der Waals surface area (Å²) in [5, 5.41) is 2.69. The average molecular weight is 433 g/mol. The summed E-state index contributed by atoms with van der Waals surface area (Å²) < 4.78 is 1.94. The number of benzene rings is 1. The van der Waals surface area contributed by atoms with E-state index >= 15 is 0 Å². The van der Waals surface area contributed by atoms with Gasteiger partial charge in [-0.1, -0.05) is 0 Å². The number of amides is 1. The van der Waals surface area contributed by atoms with Crippen molar-refractivity contribution in [3.63, 3.8) is 0 Å². The molecule has 19 heavy (non-hydrogen) atoms. The second-order valence-corrected chi connectivity index (χ2v) is 5.98. The van der Waals surface area contributed by atoms with Crippen LogP contribution in [0.4, 0.5) is 5.69 Å². The first-order valence-electron chi connectivity index (χ1n) is 5.43. The second kappa shape index (κ2) is 5.87. The van der Waals surface area contributed by atoms with Crippen molar-refractivity contribution in [2.75, 3.05) is 5.32 Å². The van der Waals surface area contributed by atoms with Gasteiger partial charge in [0.15, 0.2) is 0 Å². The van der Waals surface area contributed by atoms with Crippen LogP contribution in [0.25, 0.3) is 0 Å². The maximum absolute atomic E-state index is 12.0. The van der Waals surface area contributed by atoms with Gasteiger partial charge in [0.1, 0.15) is 5.56 Å². The van der Waals surface area contributed by atoms with Crippen LogP contribution in [0.2, 0.25) is 0 Å². The predicted molar refractivity (Wildman–Crippen MR) is 86.6 cm³/mol. The predicted octanol–water partition coefficient (Wildman–Crippen LogP) is 3.30. The number of halogens is 2. The Labute approximate surface area is 131 Å². The lowest BCUT2D eigenvalue weighted by Gasteiger charge is -2.06. The normalized spacial score (nSPS) is 10.3. The summed E-state index contributed by atoms with van der Waals surface area (Å²) in [5.41, 5.74) is 1.07. The molecule has 0 aliphatic heterocycles. The van der Waals surface area contributed by atoms with Crippen LogP contribution in [-0.2, 0) is 0 Å². The van der Waals surface area contributed by atoms with E-state index in [1.807, 2.05) is 6.07 Å². The van der Waals surface area contributed by atoms with E-state index in [1.54, 1.807) is 25.1 Å². The van der Waals surface area contributed by atoms with E-state index in [4.69, 9.17) is 0 Å². The van der Waals surface area contributed by atoms with Gasteiger partial charge in [0.2, 0.25) is 0 Å². The van der Waals surface area contributed by atoms with Crippen LogP contribution >= 0.6 is 38.5 Å². The number of pyridine rings is 1.